The van der Waals surface area contributed by atoms with Gasteiger partial charge in [0.1, 0.15) is 0 Å². The van der Waals surface area contributed by atoms with Gasteiger partial charge < -0.3 is 15.4 Å². The second-order valence-corrected chi connectivity index (χ2v) is 4.28. The van der Waals surface area contributed by atoms with Gasteiger partial charge in [0.2, 0.25) is 0 Å². The lowest BCUT2D eigenvalue weighted by Crippen LogP contribution is -2.22. The maximum absolute atomic E-state index is 8.92. The highest BCUT2D eigenvalue weighted by atomic mass is 35.5. The molecule has 2 rings (SSSR count). The molecule has 3 N–H and O–H groups in total. The number of hydrogen-bond donors (Lipinski definition) is 3. The van der Waals surface area contributed by atoms with Gasteiger partial charge in [0.15, 0.2) is 0 Å². The SMILES string of the molecule is CC(CO)CNCc1cccc2cc[nH]c12.Cl. The van der Waals surface area contributed by atoms with Crippen LogP contribution in [0.5, 0.6) is 0 Å². The first-order chi connectivity index (χ1) is 7.81. The van der Waals surface area contributed by atoms with E-state index in [1.165, 1.54) is 16.5 Å². The molecule has 94 valence electrons. The van der Waals surface area contributed by atoms with Crippen molar-refractivity contribution in [1.82, 2.24) is 10.3 Å². The van der Waals surface area contributed by atoms with Gasteiger partial charge in [0.25, 0.3) is 0 Å². The Kier molecular flexibility index (Phi) is 5.48. The molecule has 0 saturated carbocycles. The maximum Gasteiger partial charge on any atom is 0.0499 e. The molecular weight excluding hydrogens is 236 g/mol. The zero-order chi connectivity index (χ0) is 11.4. The highest BCUT2D eigenvalue weighted by Crippen LogP contribution is 2.16. The number of aromatic amines is 1. The molecule has 0 aliphatic carbocycles. The largest absolute Gasteiger partial charge is 0.396 e. The van der Waals surface area contributed by atoms with E-state index < -0.39 is 0 Å². The van der Waals surface area contributed by atoms with Crippen molar-refractivity contribution in [3.63, 3.8) is 0 Å². The second-order valence-electron chi connectivity index (χ2n) is 4.28. The minimum absolute atomic E-state index is 0. The first-order valence-corrected chi connectivity index (χ1v) is 5.68. The van der Waals surface area contributed by atoms with Gasteiger partial charge in [-0.05, 0) is 22.9 Å². The van der Waals surface area contributed by atoms with Crippen LogP contribution in [0.4, 0.5) is 0 Å². The molecule has 17 heavy (non-hydrogen) atoms. The molecule has 0 fully saturated rings. The number of aromatic nitrogens is 1. The molecule has 0 saturated heterocycles. The lowest BCUT2D eigenvalue weighted by atomic mass is 10.1. The lowest BCUT2D eigenvalue weighted by molar-refractivity contribution is 0.233. The summed E-state index contributed by atoms with van der Waals surface area (Å²) in [5, 5.41) is 13.5. The van der Waals surface area contributed by atoms with Crippen LogP contribution in [0.25, 0.3) is 10.9 Å². The fraction of sp³-hybridized carbons (Fsp3) is 0.385. The highest BCUT2D eigenvalue weighted by Gasteiger charge is 2.02. The summed E-state index contributed by atoms with van der Waals surface area (Å²) < 4.78 is 0. The Hall–Kier alpha value is -1.03. The van der Waals surface area contributed by atoms with Crippen LogP contribution in [0, 0.1) is 5.92 Å². The summed E-state index contributed by atoms with van der Waals surface area (Å²) in [6.45, 7) is 3.94. The zero-order valence-corrected chi connectivity index (χ0v) is 10.8. The standard InChI is InChI=1S/C13H18N2O.ClH/c1-10(9-16)7-14-8-12-4-2-3-11-5-6-15-13(11)12;/h2-6,10,14-16H,7-9H2,1H3;1H. The topological polar surface area (TPSA) is 48.0 Å². The molecule has 4 heteroatoms. The maximum atomic E-state index is 8.92. The predicted molar refractivity (Wildman–Crippen MR) is 73.5 cm³/mol. The van der Waals surface area contributed by atoms with E-state index in [0.717, 1.165) is 13.1 Å². The van der Waals surface area contributed by atoms with Crippen LogP contribution in [0.15, 0.2) is 30.5 Å². The number of nitrogens with one attached hydrogen (secondary N) is 2. The number of H-pyrrole nitrogens is 1. The Morgan fingerprint density at radius 3 is 2.94 bits per heavy atom. The molecular formula is C13H19ClN2O. The highest BCUT2D eigenvalue weighted by molar-refractivity contribution is 5.85. The van der Waals surface area contributed by atoms with Gasteiger partial charge in [0, 0.05) is 31.4 Å². The van der Waals surface area contributed by atoms with Crippen molar-refractivity contribution in [1.29, 1.82) is 0 Å². The van der Waals surface area contributed by atoms with Gasteiger partial charge in [-0.3, -0.25) is 0 Å². The summed E-state index contributed by atoms with van der Waals surface area (Å²) in [7, 11) is 0. The van der Waals surface area contributed by atoms with Crippen LogP contribution >= 0.6 is 12.4 Å². The molecule has 0 radical (unpaired) electrons. The first-order valence-electron chi connectivity index (χ1n) is 5.68. The number of hydrogen-bond acceptors (Lipinski definition) is 2. The Labute approximate surface area is 108 Å². The first kappa shape index (κ1) is 14.0. The van der Waals surface area contributed by atoms with Crippen molar-refractivity contribution in [2.45, 2.75) is 13.5 Å². The molecule has 0 amide bonds. The predicted octanol–water partition coefficient (Wildman–Crippen LogP) is 2.31. The molecule has 0 aliphatic heterocycles. The van der Waals surface area contributed by atoms with Gasteiger partial charge in [0.05, 0.1) is 0 Å². The van der Waals surface area contributed by atoms with Crippen molar-refractivity contribution < 1.29 is 5.11 Å². The molecule has 1 unspecified atom stereocenters. The van der Waals surface area contributed by atoms with E-state index in [1.54, 1.807) is 0 Å². The third kappa shape index (κ3) is 3.46. The van der Waals surface area contributed by atoms with E-state index in [0.29, 0.717) is 5.92 Å². The third-order valence-corrected chi connectivity index (χ3v) is 2.79. The molecule has 1 aromatic carbocycles. The average molecular weight is 255 g/mol. The van der Waals surface area contributed by atoms with Gasteiger partial charge in [-0.15, -0.1) is 12.4 Å². The number of aliphatic hydroxyl groups is 1. The van der Waals surface area contributed by atoms with Crippen molar-refractivity contribution >= 4 is 23.3 Å². The summed E-state index contributed by atoms with van der Waals surface area (Å²) in [6.07, 6.45) is 1.96. The number of aliphatic hydroxyl groups excluding tert-OH is 1. The Morgan fingerprint density at radius 2 is 2.18 bits per heavy atom. The number of para-hydroxylation sites is 1. The summed E-state index contributed by atoms with van der Waals surface area (Å²) in [6, 6.07) is 8.37. The van der Waals surface area contributed by atoms with E-state index in [9.17, 15) is 0 Å². The number of benzene rings is 1. The van der Waals surface area contributed by atoms with Crippen LogP contribution in [0.2, 0.25) is 0 Å². The van der Waals surface area contributed by atoms with E-state index >= 15 is 0 Å². The monoisotopic (exact) mass is 254 g/mol. The molecule has 0 bridgehead atoms. The van der Waals surface area contributed by atoms with Gasteiger partial charge in [-0.1, -0.05) is 25.1 Å². The molecule has 0 aliphatic rings. The van der Waals surface area contributed by atoms with Crippen LogP contribution in [0.3, 0.4) is 0 Å². The van der Waals surface area contributed by atoms with Gasteiger partial charge >= 0.3 is 0 Å². The third-order valence-electron chi connectivity index (χ3n) is 2.79. The van der Waals surface area contributed by atoms with Crippen molar-refractivity contribution in [2.75, 3.05) is 13.2 Å². The molecule has 1 aromatic heterocycles. The number of rotatable bonds is 5. The normalized spacial score (nSPS) is 12.4. The van der Waals surface area contributed by atoms with Crippen molar-refractivity contribution in [2.24, 2.45) is 5.92 Å². The fourth-order valence-corrected chi connectivity index (χ4v) is 1.81. The smallest absolute Gasteiger partial charge is 0.0499 e. The minimum Gasteiger partial charge on any atom is -0.396 e. The van der Waals surface area contributed by atoms with Gasteiger partial charge in [-0.2, -0.15) is 0 Å². The average Bonchev–Trinajstić information content (AvgIpc) is 2.77. The fourth-order valence-electron chi connectivity index (χ4n) is 1.81. The number of fused-ring (bicyclic) bond motifs is 1. The summed E-state index contributed by atoms with van der Waals surface area (Å²) in [4.78, 5) is 3.25. The quantitative estimate of drug-likeness (QED) is 0.767. The lowest BCUT2D eigenvalue weighted by Gasteiger charge is -2.10. The van der Waals surface area contributed by atoms with E-state index in [2.05, 4.69) is 34.6 Å². The number of halogens is 1. The Bertz CT molecular complexity index is 455. The van der Waals surface area contributed by atoms with Crippen LogP contribution in [-0.2, 0) is 6.54 Å². The summed E-state index contributed by atoms with van der Waals surface area (Å²) in [5.74, 6) is 0.308. The molecule has 3 nitrogen and oxygen atoms in total. The van der Waals surface area contributed by atoms with Gasteiger partial charge in [-0.25, -0.2) is 0 Å². The van der Waals surface area contributed by atoms with E-state index in [4.69, 9.17) is 5.11 Å². The molecule has 1 atom stereocenters. The summed E-state index contributed by atoms with van der Waals surface area (Å²) in [5.41, 5.74) is 2.47. The van der Waals surface area contributed by atoms with Crippen molar-refractivity contribution in [3.8, 4) is 0 Å². The van der Waals surface area contributed by atoms with Crippen LogP contribution in [0.1, 0.15) is 12.5 Å². The second kappa shape index (κ2) is 6.64. The molecule has 1 heterocycles. The Balaban J connectivity index is 0.00000144. The zero-order valence-electron chi connectivity index (χ0n) is 9.94. The molecule has 0 spiro atoms. The van der Waals surface area contributed by atoms with Crippen molar-refractivity contribution in [3.05, 3.63) is 36.0 Å². The minimum atomic E-state index is 0. The van der Waals surface area contributed by atoms with E-state index in [1.807, 2.05) is 13.1 Å². The molecule has 2 aromatic rings. The summed E-state index contributed by atoms with van der Waals surface area (Å²) >= 11 is 0. The van der Waals surface area contributed by atoms with E-state index in [-0.39, 0.29) is 19.0 Å². The van der Waals surface area contributed by atoms with Crippen LogP contribution in [-0.4, -0.2) is 23.2 Å². The Morgan fingerprint density at radius 1 is 1.35 bits per heavy atom. The van der Waals surface area contributed by atoms with Crippen LogP contribution < -0.4 is 5.32 Å².